The van der Waals surface area contributed by atoms with Gasteiger partial charge in [-0.3, -0.25) is 4.90 Å². The molecule has 0 spiro atoms. The van der Waals surface area contributed by atoms with Gasteiger partial charge in [-0.25, -0.2) is 8.78 Å². The molecule has 16 heavy (non-hydrogen) atoms. The van der Waals surface area contributed by atoms with E-state index in [1.807, 2.05) is 18.7 Å². The molecule has 1 aromatic rings. The highest BCUT2D eigenvalue weighted by molar-refractivity contribution is 5.29. The van der Waals surface area contributed by atoms with Crippen LogP contribution in [0.25, 0.3) is 0 Å². The standard InChI is InChI=1S/C12H15F2NO/c1-8(2)15-6-12(16,7-15)9-4-3-5-10(13)11(9)14/h3-5,8,16H,6-7H2,1-2H3. The van der Waals surface area contributed by atoms with Gasteiger partial charge in [0.25, 0.3) is 0 Å². The maximum Gasteiger partial charge on any atom is 0.164 e. The van der Waals surface area contributed by atoms with Crippen molar-refractivity contribution in [2.75, 3.05) is 13.1 Å². The van der Waals surface area contributed by atoms with Crippen molar-refractivity contribution in [2.24, 2.45) is 0 Å². The van der Waals surface area contributed by atoms with Crippen molar-refractivity contribution < 1.29 is 13.9 Å². The lowest BCUT2D eigenvalue weighted by atomic mass is 9.85. The van der Waals surface area contributed by atoms with Crippen LogP contribution in [0, 0.1) is 11.6 Å². The molecule has 1 N–H and O–H groups in total. The normalized spacial score (nSPS) is 19.9. The molecule has 1 aliphatic rings. The molecule has 0 radical (unpaired) electrons. The second-order valence-electron chi connectivity index (χ2n) is 4.63. The van der Waals surface area contributed by atoms with Crippen molar-refractivity contribution >= 4 is 0 Å². The van der Waals surface area contributed by atoms with Crippen LogP contribution in [0.3, 0.4) is 0 Å². The first-order valence-corrected chi connectivity index (χ1v) is 5.35. The quantitative estimate of drug-likeness (QED) is 0.833. The fourth-order valence-corrected chi connectivity index (χ4v) is 2.02. The van der Waals surface area contributed by atoms with Crippen molar-refractivity contribution in [2.45, 2.75) is 25.5 Å². The molecule has 0 amide bonds. The molecule has 0 aromatic heterocycles. The molecular weight excluding hydrogens is 212 g/mol. The second-order valence-corrected chi connectivity index (χ2v) is 4.63. The predicted molar refractivity (Wildman–Crippen MR) is 57.0 cm³/mol. The highest BCUT2D eigenvalue weighted by atomic mass is 19.2. The summed E-state index contributed by atoms with van der Waals surface area (Å²) in [4.78, 5) is 2.00. The second kappa shape index (κ2) is 3.79. The number of β-amino-alcohol motifs (C(OH)–C–C–N with tert-alkyl or cyclic N) is 1. The average Bonchev–Trinajstić information content (AvgIpc) is 2.17. The first-order chi connectivity index (χ1) is 7.44. The van der Waals surface area contributed by atoms with Gasteiger partial charge in [0, 0.05) is 24.7 Å². The molecule has 0 unspecified atom stereocenters. The topological polar surface area (TPSA) is 23.5 Å². The van der Waals surface area contributed by atoms with Crippen molar-refractivity contribution in [1.82, 2.24) is 4.90 Å². The number of aliphatic hydroxyl groups is 1. The summed E-state index contributed by atoms with van der Waals surface area (Å²) in [5.41, 5.74) is -1.18. The van der Waals surface area contributed by atoms with Gasteiger partial charge in [0.2, 0.25) is 0 Å². The first kappa shape index (κ1) is 11.5. The number of nitrogens with zero attached hydrogens (tertiary/aromatic N) is 1. The van der Waals surface area contributed by atoms with Gasteiger partial charge >= 0.3 is 0 Å². The number of benzene rings is 1. The van der Waals surface area contributed by atoms with Gasteiger partial charge < -0.3 is 5.11 Å². The number of likely N-dealkylation sites (tertiary alicyclic amines) is 1. The molecule has 0 bridgehead atoms. The summed E-state index contributed by atoms with van der Waals surface area (Å²) in [7, 11) is 0. The molecule has 0 saturated carbocycles. The summed E-state index contributed by atoms with van der Waals surface area (Å²) in [5.74, 6) is -1.85. The van der Waals surface area contributed by atoms with Crippen molar-refractivity contribution in [3.8, 4) is 0 Å². The molecule has 1 heterocycles. The maximum absolute atomic E-state index is 13.5. The summed E-state index contributed by atoms with van der Waals surface area (Å²) >= 11 is 0. The Labute approximate surface area is 93.5 Å². The van der Waals surface area contributed by atoms with Gasteiger partial charge in [-0.1, -0.05) is 12.1 Å². The maximum atomic E-state index is 13.5. The first-order valence-electron chi connectivity index (χ1n) is 5.35. The van der Waals surface area contributed by atoms with E-state index in [9.17, 15) is 13.9 Å². The van der Waals surface area contributed by atoms with Crippen LogP contribution in [-0.4, -0.2) is 29.1 Å². The van der Waals surface area contributed by atoms with Crippen LogP contribution in [0.1, 0.15) is 19.4 Å². The highest BCUT2D eigenvalue weighted by Gasteiger charge is 2.45. The lowest BCUT2D eigenvalue weighted by molar-refractivity contribution is -0.118. The molecule has 2 rings (SSSR count). The Bertz CT molecular complexity index is 400. The Hall–Kier alpha value is -1.00. The molecule has 1 aromatic carbocycles. The van der Waals surface area contributed by atoms with Crippen LogP contribution in [0.15, 0.2) is 18.2 Å². The Kier molecular flexibility index (Phi) is 2.72. The number of rotatable bonds is 2. The minimum atomic E-state index is -1.24. The largest absolute Gasteiger partial charge is 0.382 e. The van der Waals surface area contributed by atoms with Crippen LogP contribution in [-0.2, 0) is 5.60 Å². The van der Waals surface area contributed by atoms with Crippen molar-refractivity contribution in [1.29, 1.82) is 0 Å². The zero-order valence-electron chi connectivity index (χ0n) is 9.37. The van der Waals surface area contributed by atoms with E-state index in [1.165, 1.54) is 12.1 Å². The number of halogens is 2. The lowest BCUT2D eigenvalue weighted by Gasteiger charge is -2.49. The Morgan fingerprint density at radius 3 is 2.50 bits per heavy atom. The Morgan fingerprint density at radius 1 is 1.31 bits per heavy atom. The minimum Gasteiger partial charge on any atom is -0.382 e. The van der Waals surface area contributed by atoms with Crippen molar-refractivity contribution in [3.63, 3.8) is 0 Å². The van der Waals surface area contributed by atoms with Crippen LogP contribution in [0.2, 0.25) is 0 Å². The van der Waals surface area contributed by atoms with E-state index < -0.39 is 17.2 Å². The molecular formula is C12H15F2NO. The van der Waals surface area contributed by atoms with E-state index >= 15 is 0 Å². The van der Waals surface area contributed by atoms with E-state index in [0.29, 0.717) is 19.1 Å². The molecule has 1 fully saturated rings. The Balaban J connectivity index is 2.23. The molecule has 0 aliphatic carbocycles. The van der Waals surface area contributed by atoms with E-state index in [1.54, 1.807) is 0 Å². The third-order valence-electron chi connectivity index (χ3n) is 3.11. The fraction of sp³-hybridized carbons (Fsp3) is 0.500. The summed E-state index contributed by atoms with van der Waals surface area (Å²) in [6.07, 6.45) is 0. The third kappa shape index (κ3) is 1.72. The van der Waals surface area contributed by atoms with E-state index in [-0.39, 0.29) is 5.56 Å². The highest BCUT2D eigenvalue weighted by Crippen LogP contribution is 2.34. The fourth-order valence-electron chi connectivity index (χ4n) is 2.02. The van der Waals surface area contributed by atoms with Gasteiger partial charge in [0.15, 0.2) is 11.6 Å². The number of hydrogen-bond donors (Lipinski definition) is 1. The summed E-state index contributed by atoms with van der Waals surface area (Å²) < 4.78 is 26.5. The smallest absolute Gasteiger partial charge is 0.164 e. The van der Waals surface area contributed by atoms with Crippen LogP contribution < -0.4 is 0 Å². The van der Waals surface area contributed by atoms with Gasteiger partial charge in [-0.15, -0.1) is 0 Å². The summed E-state index contributed by atoms with van der Waals surface area (Å²) in [6, 6.07) is 4.22. The molecule has 1 aliphatic heterocycles. The van der Waals surface area contributed by atoms with E-state index in [2.05, 4.69) is 0 Å². The van der Waals surface area contributed by atoms with Gasteiger partial charge in [-0.2, -0.15) is 0 Å². The van der Waals surface area contributed by atoms with Gasteiger partial charge in [0.1, 0.15) is 5.60 Å². The molecule has 2 nitrogen and oxygen atoms in total. The zero-order chi connectivity index (χ0) is 11.9. The van der Waals surface area contributed by atoms with E-state index in [4.69, 9.17) is 0 Å². The van der Waals surface area contributed by atoms with Crippen molar-refractivity contribution in [3.05, 3.63) is 35.4 Å². The molecule has 1 saturated heterocycles. The summed E-state index contributed by atoms with van der Waals surface area (Å²) in [5, 5.41) is 10.2. The molecule has 0 atom stereocenters. The van der Waals surface area contributed by atoms with Gasteiger partial charge in [0.05, 0.1) is 0 Å². The average molecular weight is 227 g/mol. The van der Waals surface area contributed by atoms with Crippen LogP contribution in [0.5, 0.6) is 0 Å². The number of hydrogen-bond acceptors (Lipinski definition) is 2. The third-order valence-corrected chi connectivity index (χ3v) is 3.11. The van der Waals surface area contributed by atoms with E-state index in [0.717, 1.165) is 6.07 Å². The monoisotopic (exact) mass is 227 g/mol. The molecule has 4 heteroatoms. The Morgan fingerprint density at radius 2 is 1.94 bits per heavy atom. The predicted octanol–water partition coefficient (Wildman–Crippen LogP) is 1.88. The minimum absolute atomic E-state index is 0.0596. The summed E-state index contributed by atoms with van der Waals surface area (Å²) in [6.45, 7) is 4.71. The SMILES string of the molecule is CC(C)N1CC(O)(c2cccc(F)c2F)C1. The van der Waals surface area contributed by atoms with Crippen LogP contribution in [0.4, 0.5) is 8.78 Å². The van der Waals surface area contributed by atoms with Crippen LogP contribution >= 0.6 is 0 Å². The lowest BCUT2D eigenvalue weighted by Crippen LogP contribution is -2.61. The zero-order valence-corrected chi connectivity index (χ0v) is 9.37. The molecule has 88 valence electrons. The van der Waals surface area contributed by atoms with Gasteiger partial charge in [-0.05, 0) is 19.9 Å².